The Morgan fingerprint density at radius 2 is 2.10 bits per heavy atom. The molecule has 102 valence electrons. The number of rotatable bonds is 2. The van der Waals surface area contributed by atoms with Crippen molar-refractivity contribution >= 4 is 17.3 Å². The van der Waals surface area contributed by atoms with E-state index < -0.39 is 0 Å². The van der Waals surface area contributed by atoms with Gasteiger partial charge in [-0.05, 0) is 42.7 Å². The number of hydrogen-bond acceptors (Lipinski definition) is 3. The molecule has 1 aliphatic heterocycles. The normalized spacial score (nSPS) is 13.2. The fraction of sp³-hybridized carbons (Fsp3) is 0.200. The summed E-state index contributed by atoms with van der Waals surface area (Å²) in [7, 11) is 0. The van der Waals surface area contributed by atoms with Crippen LogP contribution in [0.25, 0.3) is 0 Å². The van der Waals surface area contributed by atoms with Gasteiger partial charge in [-0.2, -0.15) is 0 Å². The zero-order valence-corrected chi connectivity index (χ0v) is 10.9. The Balaban J connectivity index is 1.81. The Hall–Kier alpha value is -2.56. The van der Waals surface area contributed by atoms with Crippen molar-refractivity contribution in [3.63, 3.8) is 0 Å². The van der Waals surface area contributed by atoms with E-state index in [2.05, 4.69) is 15.6 Å². The lowest BCUT2D eigenvalue weighted by Crippen LogP contribution is -2.16. The maximum absolute atomic E-state index is 12.1. The van der Waals surface area contributed by atoms with E-state index in [0.717, 1.165) is 30.8 Å². The molecule has 2 heterocycles. The highest BCUT2D eigenvalue weighted by Crippen LogP contribution is 2.25. The molecule has 1 aromatic heterocycles. The molecule has 0 unspecified atom stereocenters. The highest BCUT2D eigenvalue weighted by atomic mass is 16.2. The van der Waals surface area contributed by atoms with Crippen LogP contribution in [0.2, 0.25) is 0 Å². The summed E-state index contributed by atoms with van der Waals surface area (Å²) in [5, 5.41) is 6.14. The summed E-state index contributed by atoms with van der Waals surface area (Å²) in [6.07, 6.45) is 3.57. The zero-order valence-electron chi connectivity index (χ0n) is 10.9. The molecular formula is C15H15N3O2. The van der Waals surface area contributed by atoms with Crippen molar-refractivity contribution in [2.24, 2.45) is 0 Å². The third kappa shape index (κ3) is 2.56. The van der Waals surface area contributed by atoms with Gasteiger partial charge in [-0.25, -0.2) is 0 Å². The highest BCUT2D eigenvalue weighted by Gasteiger charge is 2.11. The van der Waals surface area contributed by atoms with Crippen LogP contribution in [0.1, 0.15) is 22.3 Å². The van der Waals surface area contributed by atoms with E-state index in [0.29, 0.717) is 5.56 Å². The molecule has 0 fully saturated rings. The number of aromatic nitrogens is 1. The number of H-pyrrole nitrogens is 1. The second-order valence-electron chi connectivity index (χ2n) is 4.80. The number of fused-ring (bicyclic) bond motifs is 1. The summed E-state index contributed by atoms with van der Waals surface area (Å²) >= 11 is 0. The molecule has 1 amide bonds. The minimum atomic E-state index is -0.285. The smallest absolute Gasteiger partial charge is 0.255 e. The summed E-state index contributed by atoms with van der Waals surface area (Å²) in [4.78, 5) is 25.7. The van der Waals surface area contributed by atoms with Crippen molar-refractivity contribution < 1.29 is 4.79 Å². The number of carbonyl (C=O) groups excluding carboxylic acids is 1. The number of hydrogen-bond donors (Lipinski definition) is 3. The fourth-order valence-electron chi connectivity index (χ4n) is 2.34. The summed E-state index contributed by atoms with van der Waals surface area (Å²) in [5.74, 6) is -0.278. The van der Waals surface area contributed by atoms with Crippen LogP contribution < -0.4 is 16.2 Å². The molecule has 0 saturated carbocycles. The van der Waals surface area contributed by atoms with Gasteiger partial charge in [-0.1, -0.05) is 0 Å². The molecule has 1 aliphatic rings. The summed E-state index contributed by atoms with van der Waals surface area (Å²) in [5.41, 5.74) is 3.15. The van der Waals surface area contributed by atoms with Gasteiger partial charge in [0.1, 0.15) is 0 Å². The number of aromatic amines is 1. The second-order valence-corrected chi connectivity index (χ2v) is 4.80. The first-order valence-electron chi connectivity index (χ1n) is 6.59. The maximum Gasteiger partial charge on any atom is 0.255 e. The van der Waals surface area contributed by atoms with Crippen LogP contribution in [0.5, 0.6) is 0 Å². The Labute approximate surface area is 116 Å². The van der Waals surface area contributed by atoms with Gasteiger partial charge in [0.2, 0.25) is 5.56 Å². The lowest BCUT2D eigenvalue weighted by atomic mass is 10.0. The Bertz CT molecular complexity index is 706. The minimum Gasteiger partial charge on any atom is -0.385 e. The standard InChI is InChI=1S/C15H15N3O2/c19-14-9-11(5-7-17-14)15(20)18-12-3-4-13-10(8-12)2-1-6-16-13/h3-5,7-9,16H,1-2,6H2,(H,17,19)(H,18,20). The van der Waals surface area contributed by atoms with Gasteiger partial charge in [0.25, 0.3) is 5.91 Å². The third-order valence-corrected chi connectivity index (χ3v) is 3.34. The molecule has 20 heavy (non-hydrogen) atoms. The lowest BCUT2D eigenvalue weighted by Gasteiger charge is -2.18. The van der Waals surface area contributed by atoms with E-state index in [1.54, 1.807) is 6.07 Å². The van der Waals surface area contributed by atoms with Crippen molar-refractivity contribution in [3.8, 4) is 0 Å². The number of anilines is 2. The number of benzene rings is 1. The van der Waals surface area contributed by atoms with Gasteiger partial charge in [-0.15, -0.1) is 0 Å². The third-order valence-electron chi connectivity index (χ3n) is 3.34. The molecule has 0 bridgehead atoms. The molecule has 3 N–H and O–H groups in total. The predicted octanol–water partition coefficient (Wildman–Crippen LogP) is 1.99. The monoisotopic (exact) mass is 269 g/mol. The second kappa shape index (κ2) is 5.21. The fourth-order valence-corrected chi connectivity index (χ4v) is 2.34. The largest absolute Gasteiger partial charge is 0.385 e. The summed E-state index contributed by atoms with van der Waals surface area (Å²) < 4.78 is 0. The number of pyridine rings is 1. The first-order chi connectivity index (χ1) is 9.72. The highest BCUT2D eigenvalue weighted by molar-refractivity contribution is 6.04. The van der Waals surface area contributed by atoms with Crippen molar-refractivity contribution in [2.45, 2.75) is 12.8 Å². The van der Waals surface area contributed by atoms with Crippen LogP contribution in [-0.4, -0.2) is 17.4 Å². The van der Waals surface area contributed by atoms with Crippen LogP contribution in [0, 0.1) is 0 Å². The first-order valence-corrected chi connectivity index (χ1v) is 6.59. The number of nitrogens with one attached hydrogen (secondary N) is 3. The number of carbonyl (C=O) groups is 1. The molecule has 5 heteroatoms. The summed E-state index contributed by atoms with van der Waals surface area (Å²) in [6.45, 7) is 0.992. The molecular weight excluding hydrogens is 254 g/mol. The van der Waals surface area contributed by atoms with Crippen LogP contribution in [0.3, 0.4) is 0 Å². The minimum absolute atomic E-state index is 0.278. The van der Waals surface area contributed by atoms with Gasteiger partial charge in [0.15, 0.2) is 0 Å². The van der Waals surface area contributed by atoms with Crippen molar-refractivity contribution in [1.29, 1.82) is 0 Å². The maximum atomic E-state index is 12.1. The molecule has 0 saturated heterocycles. The lowest BCUT2D eigenvalue weighted by molar-refractivity contribution is 0.102. The van der Waals surface area contributed by atoms with E-state index in [1.807, 2.05) is 18.2 Å². The molecule has 0 atom stereocenters. The Morgan fingerprint density at radius 3 is 2.95 bits per heavy atom. The molecule has 0 radical (unpaired) electrons. The molecule has 2 aromatic rings. The van der Waals surface area contributed by atoms with Crippen molar-refractivity contribution in [1.82, 2.24) is 4.98 Å². The Kier molecular flexibility index (Phi) is 3.25. The van der Waals surface area contributed by atoms with Gasteiger partial charge >= 0.3 is 0 Å². The summed E-state index contributed by atoms with van der Waals surface area (Å²) in [6, 6.07) is 8.68. The van der Waals surface area contributed by atoms with Gasteiger partial charge in [0.05, 0.1) is 0 Å². The SMILES string of the molecule is O=C(Nc1ccc2c(c1)CCCN2)c1cc[nH]c(=O)c1. The quantitative estimate of drug-likeness (QED) is 0.780. The zero-order chi connectivity index (χ0) is 13.9. The molecule has 0 spiro atoms. The van der Waals surface area contributed by atoms with Crippen LogP contribution >= 0.6 is 0 Å². The average Bonchev–Trinajstić information content (AvgIpc) is 2.47. The first kappa shape index (κ1) is 12.5. The van der Waals surface area contributed by atoms with Gasteiger partial charge in [-0.3, -0.25) is 9.59 Å². The molecule has 0 aliphatic carbocycles. The molecule has 3 rings (SSSR count). The van der Waals surface area contributed by atoms with E-state index >= 15 is 0 Å². The van der Waals surface area contributed by atoms with Crippen LogP contribution in [0.15, 0.2) is 41.3 Å². The number of aryl methyl sites for hydroxylation is 1. The van der Waals surface area contributed by atoms with E-state index in [1.165, 1.54) is 17.8 Å². The van der Waals surface area contributed by atoms with Crippen molar-refractivity contribution in [2.75, 3.05) is 17.2 Å². The van der Waals surface area contributed by atoms with Gasteiger partial charge < -0.3 is 15.6 Å². The predicted molar refractivity (Wildman–Crippen MR) is 78.3 cm³/mol. The van der Waals surface area contributed by atoms with Gasteiger partial charge in [0, 0.05) is 35.7 Å². The topological polar surface area (TPSA) is 74.0 Å². The number of amides is 1. The molecule has 5 nitrogen and oxygen atoms in total. The van der Waals surface area contributed by atoms with E-state index in [-0.39, 0.29) is 11.5 Å². The van der Waals surface area contributed by atoms with Crippen LogP contribution in [0.4, 0.5) is 11.4 Å². The average molecular weight is 269 g/mol. The van der Waals surface area contributed by atoms with E-state index in [4.69, 9.17) is 0 Å². The van der Waals surface area contributed by atoms with E-state index in [9.17, 15) is 9.59 Å². The Morgan fingerprint density at radius 1 is 1.20 bits per heavy atom. The molecule has 1 aromatic carbocycles. The van der Waals surface area contributed by atoms with Crippen LogP contribution in [-0.2, 0) is 6.42 Å². The van der Waals surface area contributed by atoms with Crippen molar-refractivity contribution in [3.05, 3.63) is 58.0 Å².